The fourth-order valence-corrected chi connectivity index (χ4v) is 5.06. The second-order valence-corrected chi connectivity index (χ2v) is 9.52. The first kappa shape index (κ1) is 22.4. The van der Waals surface area contributed by atoms with Crippen molar-refractivity contribution in [3.05, 3.63) is 47.0 Å². The number of benzene rings is 2. The van der Waals surface area contributed by atoms with Crippen LogP contribution in [-0.2, 0) is 14.8 Å². The topological polar surface area (TPSA) is 84.9 Å². The summed E-state index contributed by atoms with van der Waals surface area (Å²) in [7, 11) is -0.503. The van der Waals surface area contributed by atoms with E-state index < -0.39 is 10.0 Å². The molecule has 30 heavy (non-hydrogen) atoms. The normalized spacial score (nSPS) is 15.6. The molecule has 162 valence electrons. The van der Waals surface area contributed by atoms with Crippen molar-refractivity contribution in [2.24, 2.45) is 5.92 Å². The Morgan fingerprint density at radius 2 is 1.63 bits per heavy atom. The molecule has 0 aromatic heterocycles. The van der Waals surface area contributed by atoms with Crippen molar-refractivity contribution >= 4 is 33.2 Å². The first-order valence-electron chi connectivity index (χ1n) is 9.55. The number of carbonyl (C=O) groups excluding carboxylic acids is 1. The van der Waals surface area contributed by atoms with Crippen LogP contribution in [0.25, 0.3) is 0 Å². The molecule has 7 nitrogen and oxygen atoms in total. The summed E-state index contributed by atoms with van der Waals surface area (Å²) in [5.41, 5.74) is 1.50. The smallest absolute Gasteiger partial charge is 0.243 e. The van der Waals surface area contributed by atoms with Gasteiger partial charge < -0.3 is 14.8 Å². The Kier molecular flexibility index (Phi) is 6.90. The molecule has 1 aliphatic rings. The molecule has 0 saturated carbocycles. The Morgan fingerprint density at radius 1 is 1.07 bits per heavy atom. The van der Waals surface area contributed by atoms with Gasteiger partial charge in [-0.15, -0.1) is 0 Å². The Balaban J connectivity index is 1.65. The monoisotopic (exact) mass is 452 g/mol. The quantitative estimate of drug-likeness (QED) is 0.722. The standard InChI is InChI=1S/C21H25ClN2O5S/c1-14-12-19(28-2)20(29-3)13-18(14)23-21(25)15-8-10-24(11-9-15)30(26,27)17-6-4-16(22)5-7-17/h4-7,12-13,15H,8-11H2,1-3H3,(H,23,25). The van der Waals surface area contributed by atoms with Crippen LogP contribution in [0.3, 0.4) is 0 Å². The van der Waals surface area contributed by atoms with Gasteiger partial charge in [-0.1, -0.05) is 11.6 Å². The number of methoxy groups -OCH3 is 2. The molecular formula is C21H25ClN2O5S. The molecule has 1 aliphatic heterocycles. The second kappa shape index (κ2) is 9.24. The molecule has 0 spiro atoms. The lowest BCUT2D eigenvalue weighted by Crippen LogP contribution is -2.41. The number of nitrogens with zero attached hydrogens (tertiary/aromatic N) is 1. The molecule has 2 aromatic rings. The Hall–Kier alpha value is -2.29. The van der Waals surface area contributed by atoms with Crippen molar-refractivity contribution in [3.63, 3.8) is 0 Å². The summed E-state index contributed by atoms with van der Waals surface area (Å²) < 4.78 is 37.6. The van der Waals surface area contributed by atoms with Crippen molar-refractivity contribution in [2.45, 2.75) is 24.7 Å². The van der Waals surface area contributed by atoms with Gasteiger partial charge in [0.05, 0.1) is 19.1 Å². The number of carbonyl (C=O) groups is 1. The minimum absolute atomic E-state index is 0.131. The molecular weight excluding hydrogens is 428 g/mol. The Labute approximate surface area is 182 Å². The van der Waals surface area contributed by atoms with E-state index in [4.69, 9.17) is 21.1 Å². The number of halogens is 1. The molecule has 1 heterocycles. The molecule has 0 radical (unpaired) electrons. The minimum Gasteiger partial charge on any atom is -0.493 e. The van der Waals surface area contributed by atoms with Crippen LogP contribution in [-0.4, -0.2) is 45.9 Å². The van der Waals surface area contributed by atoms with Crippen LogP contribution >= 0.6 is 11.6 Å². The van der Waals surface area contributed by atoms with E-state index >= 15 is 0 Å². The van der Waals surface area contributed by atoms with Gasteiger partial charge in [0.1, 0.15) is 0 Å². The van der Waals surface area contributed by atoms with Gasteiger partial charge in [-0.2, -0.15) is 4.31 Å². The van der Waals surface area contributed by atoms with Gasteiger partial charge >= 0.3 is 0 Å². The van der Waals surface area contributed by atoms with Crippen LogP contribution in [0.1, 0.15) is 18.4 Å². The number of aryl methyl sites for hydroxylation is 1. The van der Waals surface area contributed by atoms with Gasteiger partial charge in [0, 0.05) is 35.8 Å². The van der Waals surface area contributed by atoms with Gasteiger partial charge in [-0.05, 0) is 55.7 Å². The number of anilines is 1. The first-order valence-corrected chi connectivity index (χ1v) is 11.4. The fourth-order valence-electron chi connectivity index (χ4n) is 3.46. The molecule has 0 aliphatic carbocycles. The van der Waals surface area contributed by atoms with Crippen LogP contribution in [0.15, 0.2) is 41.3 Å². The van der Waals surface area contributed by atoms with E-state index in [9.17, 15) is 13.2 Å². The summed E-state index contributed by atoms with van der Waals surface area (Å²) in [5.74, 6) is 0.721. The zero-order valence-corrected chi connectivity index (χ0v) is 18.7. The molecule has 0 atom stereocenters. The molecule has 2 aromatic carbocycles. The van der Waals surface area contributed by atoms with Crippen LogP contribution in [0.4, 0.5) is 5.69 Å². The number of amides is 1. The zero-order chi connectivity index (χ0) is 21.9. The van der Waals surface area contributed by atoms with Crippen LogP contribution in [0.5, 0.6) is 11.5 Å². The highest BCUT2D eigenvalue weighted by atomic mass is 35.5. The van der Waals surface area contributed by atoms with Gasteiger partial charge in [0.15, 0.2) is 11.5 Å². The number of hydrogen-bond acceptors (Lipinski definition) is 5. The van der Waals surface area contributed by atoms with Gasteiger partial charge in [-0.3, -0.25) is 4.79 Å². The third kappa shape index (κ3) is 4.71. The summed E-state index contributed by atoms with van der Waals surface area (Å²) in [4.78, 5) is 13.0. The largest absolute Gasteiger partial charge is 0.493 e. The van der Waals surface area contributed by atoms with Crippen LogP contribution in [0.2, 0.25) is 5.02 Å². The molecule has 1 amide bonds. The van der Waals surface area contributed by atoms with E-state index in [1.807, 2.05) is 6.92 Å². The maximum Gasteiger partial charge on any atom is 0.243 e. The molecule has 1 saturated heterocycles. The lowest BCUT2D eigenvalue weighted by atomic mass is 9.97. The second-order valence-electron chi connectivity index (χ2n) is 7.14. The molecule has 3 rings (SSSR count). The molecule has 0 bridgehead atoms. The van der Waals surface area contributed by atoms with E-state index in [0.29, 0.717) is 35.1 Å². The van der Waals surface area contributed by atoms with Gasteiger partial charge in [0.2, 0.25) is 15.9 Å². The van der Waals surface area contributed by atoms with E-state index in [1.165, 1.54) is 23.5 Å². The van der Waals surface area contributed by atoms with Crippen molar-refractivity contribution in [1.29, 1.82) is 0 Å². The van der Waals surface area contributed by atoms with Crippen molar-refractivity contribution in [2.75, 3.05) is 32.6 Å². The number of hydrogen-bond donors (Lipinski definition) is 1. The lowest BCUT2D eigenvalue weighted by Gasteiger charge is -2.30. The summed E-state index contributed by atoms with van der Waals surface area (Å²) in [5, 5.41) is 3.42. The predicted octanol–water partition coefficient (Wildman–Crippen LogP) is 3.71. The highest BCUT2D eigenvalue weighted by Crippen LogP contribution is 2.33. The molecule has 1 fully saturated rings. The highest BCUT2D eigenvalue weighted by molar-refractivity contribution is 7.89. The van der Waals surface area contributed by atoms with Crippen LogP contribution < -0.4 is 14.8 Å². The predicted molar refractivity (Wildman–Crippen MR) is 116 cm³/mol. The van der Waals surface area contributed by atoms with E-state index in [2.05, 4.69) is 5.32 Å². The molecule has 9 heteroatoms. The average Bonchev–Trinajstić information content (AvgIpc) is 2.75. The SMILES string of the molecule is COc1cc(C)c(NC(=O)C2CCN(S(=O)(=O)c3ccc(Cl)cc3)CC2)cc1OC. The van der Waals surface area contributed by atoms with E-state index in [1.54, 1.807) is 31.4 Å². The Bertz CT molecular complexity index is 1020. The maximum atomic E-state index is 12.8. The summed E-state index contributed by atoms with van der Waals surface area (Å²) in [6.07, 6.45) is 0.899. The average molecular weight is 453 g/mol. The maximum absolute atomic E-state index is 12.8. The number of ether oxygens (including phenoxy) is 2. The van der Waals surface area contributed by atoms with Gasteiger partial charge in [-0.25, -0.2) is 8.42 Å². The van der Waals surface area contributed by atoms with Crippen LogP contribution in [0, 0.1) is 12.8 Å². The van der Waals surface area contributed by atoms with E-state index in [-0.39, 0.29) is 29.8 Å². The van der Waals surface area contributed by atoms with Crippen molar-refractivity contribution in [1.82, 2.24) is 4.31 Å². The zero-order valence-electron chi connectivity index (χ0n) is 17.1. The van der Waals surface area contributed by atoms with Crippen molar-refractivity contribution in [3.8, 4) is 11.5 Å². The number of piperidine rings is 1. The number of rotatable bonds is 6. The molecule has 1 N–H and O–H groups in total. The third-order valence-electron chi connectivity index (χ3n) is 5.26. The number of sulfonamides is 1. The number of nitrogens with one attached hydrogen (secondary N) is 1. The third-order valence-corrected chi connectivity index (χ3v) is 7.43. The summed E-state index contributed by atoms with van der Waals surface area (Å²) in [6.45, 7) is 2.45. The van der Waals surface area contributed by atoms with Gasteiger partial charge in [0.25, 0.3) is 0 Å². The lowest BCUT2D eigenvalue weighted by molar-refractivity contribution is -0.120. The van der Waals surface area contributed by atoms with Crippen molar-refractivity contribution < 1.29 is 22.7 Å². The van der Waals surface area contributed by atoms with E-state index in [0.717, 1.165) is 5.56 Å². The minimum atomic E-state index is -3.60. The summed E-state index contributed by atoms with van der Waals surface area (Å²) >= 11 is 5.85. The first-order chi connectivity index (χ1) is 14.3. The Morgan fingerprint density at radius 3 is 2.20 bits per heavy atom. The fraction of sp³-hybridized carbons (Fsp3) is 0.381. The highest BCUT2D eigenvalue weighted by Gasteiger charge is 2.32. The molecule has 0 unspecified atom stereocenters. The summed E-state index contributed by atoms with van der Waals surface area (Å²) in [6, 6.07) is 9.63.